The molecule has 0 saturated carbocycles. The van der Waals surface area contributed by atoms with Gasteiger partial charge in [0.2, 0.25) is 0 Å². The summed E-state index contributed by atoms with van der Waals surface area (Å²) in [5, 5.41) is 14.9. The largest absolute Gasteiger partial charge is 0.508 e. The predicted octanol–water partition coefficient (Wildman–Crippen LogP) is 3.74. The quantitative estimate of drug-likeness (QED) is 0.670. The molecule has 0 aliphatic carbocycles. The van der Waals surface area contributed by atoms with Crippen LogP contribution in [0.15, 0.2) is 48.5 Å². The predicted molar refractivity (Wildman–Crippen MR) is 97.3 cm³/mol. The molecule has 2 aromatic rings. The second-order valence-corrected chi connectivity index (χ2v) is 6.77. The van der Waals surface area contributed by atoms with E-state index in [9.17, 15) is 14.3 Å². The Kier molecular flexibility index (Phi) is 6.39. The number of nitrogens with one attached hydrogen (secondary N) is 2. The molecule has 0 aliphatic heterocycles. The molecule has 2 rings (SSSR count). The van der Waals surface area contributed by atoms with Crippen molar-refractivity contribution < 1.29 is 14.3 Å². The van der Waals surface area contributed by atoms with E-state index in [1.807, 2.05) is 26.0 Å². The highest BCUT2D eigenvalue weighted by molar-refractivity contribution is 5.73. The number of hydrogen-bond acceptors (Lipinski definition) is 2. The van der Waals surface area contributed by atoms with Gasteiger partial charge in [0.15, 0.2) is 0 Å². The Bertz CT molecular complexity index is 682. The minimum Gasteiger partial charge on any atom is -0.508 e. The molecule has 0 saturated heterocycles. The van der Waals surface area contributed by atoms with Crippen molar-refractivity contribution in [3.05, 3.63) is 65.5 Å². The molecule has 0 radical (unpaired) electrons. The molecule has 4 nitrogen and oxygen atoms in total. The lowest BCUT2D eigenvalue weighted by atomic mass is 9.84. The van der Waals surface area contributed by atoms with Gasteiger partial charge in [0.25, 0.3) is 0 Å². The number of rotatable bonds is 7. The average Bonchev–Trinajstić information content (AvgIpc) is 2.59. The summed E-state index contributed by atoms with van der Waals surface area (Å²) in [5.41, 5.74) is 1.82. The van der Waals surface area contributed by atoms with Crippen LogP contribution in [0.1, 0.15) is 31.4 Å². The summed E-state index contributed by atoms with van der Waals surface area (Å²) in [4.78, 5) is 11.9. The molecule has 0 spiro atoms. The first-order valence-electron chi connectivity index (χ1n) is 8.42. The number of benzene rings is 2. The summed E-state index contributed by atoms with van der Waals surface area (Å²) < 4.78 is 13.0. The second kappa shape index (κ2) is 8.51. The molecular weight excluding hydrogens is 319 g/mol. The van der Waals surface area contributed by atoms with Crippen LogP contribution >= 0.6 is 0 Å². The van der Waals surface area contributed by atoms with Crippen molar-refractivity contribution in [2.75, 3.05) is 13.1 Å². The topological polar surface area (TPSA) is 61.4 Å². The zero-order chi connectivity index (χ0) is 18.3. The molecule has 2 aromatic carbocycles. The summed E-state index contributed by atoms with van der Waals surface area (Å²) in [5.74, 6) is -0.0103. The van der Waals surface area contributed by atoms with Gasteiger partial charge in [0, 0.05) is 18.5 Å². The Labute approximate surface area is 148 Å². The molecule has 0 unspecified atom stereocenters. The lowest BCUT2D eigenvalue weighted by Gasteiger charge is -2.25. The smallest absolute Gasteiger partial charge is 0.314 e. The molecule has 25 heavy (non-hydrogen) atoms. The number of halogens is 1. The van der Waals surface area contributed by atoms with Gasteiger partial charge in [-0.3, -0.25) is 0 Å². The number of phenolic OH excluding ortho intramolecular Hbond substituents is 1. The fraction of sp³-hybridized carbons (Fsp3) is 0.350. The Morgan fingerprint density at radius 2 is 1.68 bits per heavy atom. The van der Waals surface area contributed by atoms with E-state index in [0.717, 1.165) is 24.0 Å². The number of aryl methyl sites for hydroxylation is 1. The van der Waals surface area contributed by atoms with Gasteiger partial charge in [-0.2, -0.15) is 0 Å². The standard InChI is InChI=1S/C20H25FN2O2/c1-20(2,16-7-9-17(21)10-8-16)14-23-19(25)22-13-3-4-15-5-11-18(24)12-6-15/h5-12,24H,3-4,13-14H2,1-2H3,(H2,22,23,25). The van der Waals surface area contributed by atoms with Gasteiger partial charge >= 0.3 is 6.03 Å². The van der Waals surface area contributed by atoms with Crippen LogP contribution in [0.5, 0.6) is 5.75 Å². The zero-order valence-electron chi connectivity index (χ0n) is 14.7. The molecule has 3 N–H and O–H groups in total. The van der Waals surface area contributed by atoms with Gasteiger partial charge in [-0.05, 0) is 48.2 Å². The van der Waals surface area contributed by atoms with Gasteiger partial charge in [-0.1, -0.05) is 38.1 Å². The first-order valence-corrected chi connectivity index (χ1v) is 8.42. The fourth-order valence-corrected chi connectivity index (χ4v) is 2.52. The third kappa shape index (κ3) is 6.10. The van der Waals surface area contributed by atoms with Crippen molar-refractivity contribution in [1.29, 1.82) is 0 Å². The maximum Gasteiger partial charge on any atom is 0.314 e. The average molecular weight is 344 g/mol. The lowest BCUT2D eigenvalue weighted by molar-refractivity contribution is 0.238. The molecule has 134 valence electrons. The highest BCUT2D eigenvalue weighted by atomic mass is 19.1. The number of carbonyl (C=O) groups is 1. The minimum absolute atomic E-state index is 0.208. The van der Waals surface area contributed by atoms with Gasteiger partial charge in [0.05, 0.1) is 0 Å². The van der Waals surface area contributed by atoms with Crippen molar-refractivity contribution in [3.63, 3.8) is 0 Å². The second-order valence-electron chi connectivity index (χ2n) is 6.77. The van der Waals surface area contributed by atoms with Gasteiger partial charge < -0.3 is 15.7 Å². The van der Waals surface area contributed by atoms with Crippen LogP contribution in [0.3, 0.4) is 0 Å². The van der Waals surface area contributed by atoms with E-state index in [1.165, 1.54) is 12.1 Å². The summed E-state index contributed by atoms with van der Waals surface area (Å²) in [6, 6.07) is 13.2. The van der Waals surface area contributed by atoms with Crippen LogP contribution in [0.2, 0.25) is 0 Å². The van der Waals surface area contributed by atoms with Crippen LogP contribution in [0.4, 0.5) is 9.18 Å². The van der Waals surface area contributed by atoms with E-state index in [4.69, 9.17) is 0 Å². The number of urea groups is 1. The van der Waals surface area contributed by atoms with Crippen molar-refractivity contribution >= 4 is 6.03 Å². The molecule has 0 atom stereocenters. The first kappa shape index (κ1) is 18.8. The molecule has 0 aliphatic rings. The monoisotopic (exact) mass is 344 g/mol. The number of hydrogen-bond donors (Lipinski definition) is 3. The summed E-state index contributed by atoms with van der Waals surface area (Å²) in [7, 11) is 0. The Morgan fingerprint density at radius 3 is 2.32 bits per heavy atom. The summed E-state index contributed by atoms with van der Waals surface area (Å²) in [6.07, 6.45) is 1.65. The summed E-state index contributed by atoms with van der Waals surface area (Å²) >= 11 is 0. The van der Waals surface area contributed by atoms with Crippen molar-refractivity contribution in [3.8, 4) is 5.75 Å². The number of carbonyl (C=O) groups excluding carboxylic acids is 1. The van der Waals surface area contributed by atoms with E-state index in [1.54, 1.807) is 24.3 Å². The molecule has 0 fully saturated rings. The number of phenols is 1. The highest BCUT2D eigenvalue weighted by Crippen LogP contribution is 2.22. The maximum absolute atomic E-state index is 13.0. The molecule has 0 heterocycles. The van der Waals surface area contributed by atoms with Crippen LogP contribution < -0.4 is 10.6 Å². The summed E-state index contributed by atoms with van der Waals surface area (Å²) in [6.45, 7) is 5.04. The zero-order valence-corrected chi connectivity index (χ0v) is 14.7. The van der Waals surface area contributed by atoms with Crippen LogP contribution in [-0.4, -0.2) is 24.2 Å². The Hall–Kier alpha value is -2.56. The van der Waals surface area contributed by atoms with Crippen LogP contribution in [0, 0.1) is 5.82 Å². The maximum atomic E-state index is 13.0. The third-order valence-electron chi connectivity index (χ3n) is 4.18. The molecule has 0 aromatic heterocycles. The van der Waals surface area contributed by atoms with Crippen LogP contribution in [0.25, 0.3) is 0 Å². The van der Waals surface area contributed by atoms with E-state index in [0.29, 0.717) is 13.1 Å². The Morgan fingerprint density at radius 1 is 1.04 bits per heavy atom. The highest BCUT2D eigenvalue weighted by Gasteiger charge is 2.21. The third-order valence-corrected chi connectivity index (χ3v) is 4.18. The van der Waals surface area contributed by atoms with Crippen molar-refractivity contribution in [2.24, 2.45) is 0 Å². The first-order chi connectivity index (χ1) is 11.9. The van der Waals surface area contributed by atoms with Gasteiger partial charge in [-0.25, -0.2) is 9.18 Å². The van der Waals surface area contributed by atoms with E-state index in [2.05, 4.69) is 10.6 Å². The molecule has 5 heteroatoms. The van der Waals surface area contributed by atoms with Crippen molar-refractivity contribution in [1.82, 2.24) is 10.6 Å². The van der Waals surface area contributed by atoms with E-state index in [-0.39, 0.29) is 23.0 Å². The number of amides is 2. The van der Waals surface area contributed by atoms with Gasteiger partial charge in [0.1, 0.15) is 11.6 Å². The van der Waals surface area contributed by atoms with Crippen LogP contribution in [-0.2, 0) is 11.8 Å². The minimum atomic E-state index is -0.281. The van der Waals surface area contributed by atoms with E-state index < -0.39 is 0 Å². The molecular formula is C20H25FN2O2. The lowest BCUT2D eigenvalue weighted by Crippen LogP contribution is -2.42. The Balaban J connectivity index is 1.69. The fourth-order valence-electron chi connectivity index (χ4n) is 2.52. The van der Waals surface area contributed by atoms with Gasteiger partial charge in [-0.15, -0.1) is 0 Å². The molecule has 2 amide bonds. The molecule has 0 bridgehead atoms. The van der Waals surface area contributed by atoms with E-state index >= 15 is 0 Å². The normalized spacial score (nSPS) is 11.2. The number of aromatic hydroxyl groups is 1. The SMILES string of the molecule is CC(C)(CNC(=O)NCCCc1ccc(O)cc1)c1ccc(F)cc1. The van der Waals surface area contributed by atoms with Crippen molar-refractivity contribution in [2.45, 2.75) is 32.1 Å².